The standard InChI is InChI=1S/C19H21NO5S/c1-5-14-15-10-11-20(16(15)7-9-17(14)24-3)26(21,22)19-12-13(23-2)6-8-18(19)25-4/h6-12H,5H2,1-4H3. The van der Waals surface area contributed by atoms with Crippen molar-refractivity contribution in [2.45, 2.75) is 18.2 Å². The van der Waals surface area contributed by atoms with E-state index in [4.69, 9.17) is 14.2 Å². The smallest absolute Gasteiger partial charge is 0.271 e. The molecule has 2 aromatic carbocycles. The Hall–Kier alpha value is -2.67. The molecule has 6 nitrogen and oxygen atoms in total. The van der Waals surface area contributed by atoms with Crippen LogP contribution in [0.5, 0.6) is 17.2 Å². The summed E-state index contributed by atoms with van der Waals surface area (Å²) in [6.45, 7) is 2.01. The van der Waals surface area contributed by atoms with Gasteiger partial charge >= 0.3 is 0 Å². The molecule has 1 aromatic heterocycles. The van der Waals surface area contributed by atoms with E-state index in [9.17, 15) is 8.42 Å². The Morgan fingerprint density at radius 1 is 0.923 bits per heavy atom. The van der Waals surface area contributed by atoms with Gasteiger partial charge in [-0.05, 0) is 36.8 Å². The predicted octanol–water partition coefficient (Wildman–Crippen LogP) is 3.47. The van der Waals surface area contributed by atoms with Gasteiger partial charge in [0.05, 0.1) is 26.8 Å². The first-order chi connectivity index (χ1) is 12.5. The van der Waals surface area contributed by atoms with Gasteiger partial charge in [0.1, 0.15) is 22.1 Å². The van der Waals surface area contributed by atoms with E-state index in [0.29, 0.717) is 11.3 Å². The maximum absolute atomic E-state index is 13.3. The molecule has 138 valence electrons. The van der Waals surface area contributed by atoms with Gasteiger partial charge in [0, 0.05) is 23.2 Å². The maximum atomic E-state index is 13.3. The third-order valence-corrected chi connectivity index (χ3v) is 6.10. The Labute approximate surface area is 153 Å². The van der Waals surface area contributed by atoms with Crippen LogP contribution in [-0.4, -0.2) is 33.7 Å². The predicted molar refractivity (Wildman–Crippen MR) is 100.0 cm³/mol. The number of hydrogen-bond acceptors (Lipinski definition) is 5. The molecule has 26 heavy (non-hydrogen) atoms. The quantitative estimate of drug-likeness (QED) is 0.660. The third kappa shape index (κ3) is 2.78. The number of hydrogen-bond donors (Lipinski definition) is 0. The molecule has 0 aliphatic heterocycles. The fourth-order valence-corrected chi connectivity index (χ4v) is 4.61. The van der Waals surface area contributed by atoms with Gasteiger partial charge in [0.15, 0.2) is 0 Å². The van der Waals surface area contributed by atoms with E-state index in [1.54, 1.807) is 43.6 Å². The molecule has 0 radical (unpaired) electrons. The number of aryl methyl sites for hydroxylation is 1. The Morgan fingerprint density at radius 2 is 1.62 bits per heavy atom. The summed E-state index contributed by atoms with van der Waals surface area (Å²) >= 11 is 0. The molecule has 0 bridgehead atoms. The Kier molecular flexibility index (Phi) is 4.82. The van der Waals surface area contributed by atoms with Crippen LogP contribution in [0, 0.1) is 0 Å². The number of nitrogens with zero attached hydrogens (tertiary/aromatic N) is 1. The summed E-state index contributed by atoms with van der Waals surface area (Å²) in [6, 6.07) is 10.0. The Morgan fingerprint density at radius 3 is 2.23 bits per heavy atom. The van der Waals surface area contributed by atoms with Crippen LogP contribution in [-0.2, 0) is 16.4 Å². The number of benzene rings is 2. The summed E-state index contributed by atoms with van der Waals surface area (Å²) in [5.41, 5.74) is 1.56. The maximum Gasteiger partial charge on any atom is 0.271 e. The van der Waals surface area contributed by atoms with E-state index >= 15 is 0 Å². The first-order valence-electron chi connectivity index (χ1n) is 8.12. The summed E-state index contributed by atoms with van der Waals surface area (Å²) in [5, 5.41) is 0.845. The van der Waals surface area contributed by atoms with E-state index < -0.39 is 10.0 Å². The van der Waals surface area contributed by atoms with Crippen molar-refractivity contribution in [3.63, 3.8) is 0 Å². The van der Waals surface area contributed by atoms with Gasteiger partial charge in [-0.15, -0.1) is 0 Å². The molecule has 0 aliphatic carbocycles. The highest BCUT2D eigenvalue weighted by Crippen LogP contribution is 2.34. The second kappa shape index (κ2) is 6.92. The molecule has 1 heterocycles. The van der Waals surface area contributed by atoms with Gasteiger partial charge in [-0.3, -0.25) is 0 Å². The fourth-order valence-electron chi connectivity index (χ4n) is 3.09. The largest absolute Gasteiger partial charge is 0.497 e. The number of fused-ring (bicyclic) bond motifs is 1. The highest BCUT2D eigenvalue weighted by atomic mass is 32.2. The zero-order valence-corrected chi connectivity index (χ0v) is 16.0. The van der Waals surface area contributed by atoms with E-state index in [2.05, 4.69) is 0 Å². The SMILES string of the molecule is CCc1c(OC)ccc2c1ccn2S(=O)(=O)c1cc(OC)ccc1OC. The summed E-state index contributed by atoms with van der Waals surface area (Å²) in [4.78, 5) is 0.0470. The zero-order valence-electron chi connectivity index (χ0n) is 15.1. The van der Waals surface area contributed by atoms with Gasteiger partial charge in [0.25, 0.3) is 10.0 Å². The molecule has 0 saturated heterocycles. The van der Waals surface area contributed by atoms with Crippen LogP contribution in [0.2, 0.25) is 0 Å². The average Bonchev–Trinajstić information content (AvgIpc) is 3.11. The molecule has 0 N–H and O–H groups in total. The van der Waals surface area contributed by atoms with E-state index in [0.717, 1.165) is 23.1 Å². The normalized spacial score (nSPS) is 11.5. The lowest BCUT2D eigenvalue weighted by molar-refractivity contribution is 0.392. The Balaban J connectivity index is 2.26. The van der Waals surface area contributed by atoms with Crippen LogP contribution in [0.4, 0.5) is 0 Å². The van der Waals surface area contributed by atoms with Crippen LogP contribution in [0.1, 0.15) is 12.5 Å². The van der Waals surface area contributed by atoms with Gasteiger partial charge in [-0.1, -0.05) is 6.92 Å². The lowest BCUT2D eigenvalue weighted by Gasteiger charge is -2.14. The second-order valence-electron chi connectivity index (χ2n) is 5.67. The molecule has 0 aliphatic rings. The van der Waals surface area contributed by atoms with Crippen LogP contribution in [0.15, 0.2) is 47.5 Å². The van der Waals surface area contributed by atoms with Crippen LogP contribution < -0.4 is 14.2 Å². The second-order valence-corrected chi connectivity index (χ2v) is 7.45. The molecular formula is C19H21NO5S. The molecule has 0 unspecified atom stereocenters. The highest BCUT2D eigenvalue weighted by Gasteiger charge is 2.25. The minimum absolute atomic E-state index is 0.0470. The van der Waals surface area contributed by atoms with Crippen LogP contribution in [0.3, 0.4) is 0 Å². The molecule has 0 atom stereocenters. The molecule has 0 fully saturated rings. The fraction of sp³-hybridized carbons (Fsp3) is 0.263. The average molecular weight is 375 g/mol. The zero-order chi connectivity index (χ0) is 18.9. The van der Waals surface area contributed by atoms with Crippen LogP contribution in [0.25, 0.3) is 10.9 Å². The van der Waals surface area contributed by atoms with Crippen LogP contribution >= 0.6 is 0 Å². The lowest BCUT2D eigenvalue weighted by atomic mass is 10.1. The van der Waals surface area contributed by atoms with Crippen molar-refractivity contribution in [1.29, 1.82) is 0 Å². The number of aromatic nitrogens is 1. The van der Waals surface area contributed by atoms with Crippen molar-refractivity contribution in [2.75, 3.05) is 21.3 Å². The monoisotopic (exact) mass is 375 g/mol. The van der Waals surface area contributed by atoms with E-state index in [1.165, 1.54) is 24.3 Å². The Bertz CT molecular complexity index is 1050. The number of rotatable bonds is 6. The highest BCUT2D eigenvalue weighted by molar-refractivity contribution is 7.90. The number of ether oxygens (including phenoxy) is 3. The topological polar surface area (TPSA) is 66.8 Å². The van der Waals surface area contributed by atoms with Crippen molar-refractivity contribution in [2.24, 2.45) is 0 Å². The van der Waals surface area contributed by atoms with E-state index in [-0.39, 0.29) is 10.6 Å². The number of methoxy groups -OCH3 is 3. The van der Waals surface area contributed by atoms with Crippen molar-refractivity contribution in [1.82, 2.24) is 3.97 Å². The summed E-state index contributed by atoms with van der Waals surface area (Å²) in [7, 11) is 0.663. The van der Waals surface area contributed by atoms with Gasteiger partial charge in [0.2, 0.25) is 0 Å². The molecule has 0 spiro atoms. The summed E-state index contributed by atoms with van der Waals surface area (Å²) in [5.74, 6) is 1.45. The first-order valence-corrected chi connectivity index (χ1v) is 9.56. The molecule has 0 amide bonds. The van der Waals surface area contributed by atoms with Crippen molar-refractivity contribution >= 4 is 20.9 Å². The lowest BCUT2D eigenvalue weighted by Crippen LogP contribution is -2.13. The van der Waals surface area contributed by atoms with Gasteiger partial charge in [-0.2, -0.15) is 0 Å². The summed E-state index contributed by atoms with van der Waals surface area (Å²) in [6.07, 6.45) is 2.28. The first kappa shape index (κ1) is 18.1. The van der Waals surface area contributed by atoms with E-state index in [1.807, 2.05) is 6.92 Å². The third-order valence-electron chi connectivity index (χ3n) is 4.39. The molecule has 3 rings (SSSR count). The minimum atomic E-state index is -3.87. The molecule has 7 heteroatoms. The van der Waals surface area contributed by atoms with Crippen molar-refractivity contribution in [3.8, 4) is 17.2 Å². The van der Waals surface area contributed by atoms with Crippen molar-refractivity contribution in [3.05, 3.63) is 48.2 Å². The van der Waals surface area contributed by atoms with Crippen molar-refractivity contribution < 1.29 is 22.6 Å². The molecular weight excluding hydrogens is 354 g/mol. The molecule has 3 aromatic rings. The summed E-state index contributed by atoms with van der Waals surface area (Å²) < 4.78 is 43.7. The minimum Gasteiger partial charge on any atom is -0.497 e. The molecule has 0 saturated carbocycles. The van der Waals surface area contributed by atoms with Gasteiger partial charge in [-0.25, -0.2) is 12.4 Å². The van der Waals surface area contributed by atoms with Gasteiger partial charge < -0.3 is 14.2 Å².